The van der Waals surface area contributed by atoms with E-state index in [-0.39, 0.29) is 5.04 Å². The van der Waals surface area contributed by atoms with Gasteiger partial charge in [-0.2, -0.15) is 0 Å². The van der Waals surface area contributed by atoms with E-state index in [9.17, 15) is 9.18 Å². The van der Waals surface area contributed by atoms with Gasteiger partial charge in [0.1, 0.15) is 20.1 Å². The summed E-state index contributed by atoms with van der Waals surface area (Å²) < 4.78 is 26.0. The van der Waals surface area contributed by atoms with E-state index < -0.39 is 32.2 Å². The van der Waals surface area contributed by atoms with Crippen molar-refractivity contribution in [1.29, 1.82) is 0 Å². The first kappa shape index (κ1) is 15.9. The first-order valence-corrected chi connectivity index (χ1v) is 9.32. The van der Waals surface area contributed by atoms with Crippen molar-refractivity contribution in [1.82, 2.24) is 0 Å². The fraction of sp³-hybridized carbons (Fsp3) is 0.917. The lowest BCUT2D eigenvalue weighted by Gasteiger charge is -2.41. The Morgan fingerprint density at radius 1 is 1.44 bits per heavy atom. The third-order valence-corrected chi connectivity index (χ3v) is 8.83. The van der Waals surface area contributed by atoms with Gasteiger partial charge in [0.25, 0.3) is 0 Å². The molecule has 1 aliphatic rings. The Morgan fingerprint density at radius 2 is 1.94 bits per heavy atom. The molecule has 1 heterocycles. The van der Waals surface area contributed by atoms with E-state index in [0.717, 1.165) is 0 Å². The molecule has 0 aromatic carbocycles. The van der Waals surface area contributed by atoms with Gasteiger partial charge in [0.2, 0.25) is 0 Å². The molecule has 0 aliphatic carbocycles. The summed E-state index contributed by atoms with van der Waals surface area (Å²) in [5.74, 6) is 0. The van der Waals surface area contributed by atoms with E-state index in [1.807, 2.05) is 13.1 Å². The second-order valence-corrected chi connectivity index (χ2v) is 11.6. The number of carbonyl (C=O) groups is 1. The lowest BCUT2D eigenvalue weighted by molar-refractivity contribution is -0.119. The molecule has 4 atom stereocenters. The maximum atomic E-state index is 14.6. The molecule has 0 N–H and O–H groups in total. The molecule has 0 aromatic heterocycles. The van der Waals surface area contributed by atoms with Gasteiger partial charge >= 0.3 is 0 Å². The van der Waals surface area contributed by atoms with E-state index >= 15 is 0 Å². The molecule has 1 rings (SSSR count). The molecule has 104 valence electrons. The van der Waals surface area contributed by atoms with Crippen LogP contribution in [0.5, 0.6) is 0 Å². The van der Waals surface area contributed by atoms with Crippen molar-refractivity contribution in [3.05, 3.63) is 0 Å². The van der Waals surface area contributed by atoms with E-state index in [2.05, 4.69) is 20.8 Å². The summed E-state index contributed by atoms with van der Waals surface area (Å²) in [6.07, 6.45) is -0.950. The number of hydrogen-bond acceptors (Lipinski definition) is 3. The molecule has 3 nitrogen and oxygen atoms in total. The van der Waals surface area contributed by atoms with Crippen LogP contribution in [0.3, 0.4) is 0 Å². The molecule has 6 heteroatoms. The number of alkyl halides is 1. The maximum absolute atomic E-state index is 14.6. The molecule has 0 radical (unpaired) electrons. The number of halogens is 1. The zero-order chi connectivity index (χ0) is 14.4. The Morgan fingerprint density at radius 3 is 2.33 bits per heavy atom. The first-order valence-electron chi connectivity index (χ1n) is 6.41. The van der Waals surface area contributed by atoms with Gasteiger partial charge in [0, 0.05) is 0 Å². The monoisotopic (exact) mass is 274 g/mol. The van der Waals surface area contributed by atoms with Gasteiger partial charge in [-0.25, -0.2) is 4.39 Å². The Labute approximate surface area is 111 Å². The van der Waals surface area contributed by atoms with Crippen LogP contribution < -0.4 is 0 Å². The largest absolute Gasteiger partial charge is 0.407 e. The number of rotatable bonds is 3. The number of hydrogen-bond donors (Lipinski definition) is 0. The van der Waals surface area contributed by atoms with E-state index in [1.54, 1.807) is 7.85 Å². The van der Waals surface area contributed by atoms with Crippen molar-refractivity contribution >= 4 is 22.4 Å². The van der Waals surface area contributed by atoms with Crippen LogP contribution in [0.2, 0.25) is 18.1 Å². The molecule has 1 aliphatic heterocycles. The predicted molar refractivity (Wildman–Crippen MR) is 74.9 cm³/mol. The van der Waals surface area contributed by atoms with E-state index in [1.165, 1.54) is 6.92 Å². The van der Waals surface area contributed by atoms with Crippen LogP contribution in [0, 0.1) is 0 Å². The zero-order valence-electron chi connectivity index (χ0n) is 12.4. The number of ether oxygens (including phenoxy) is 1. The molecule has 0 unspecified atom stereocenters. The molecule has 1 fully saturated rings. The second kappa shape index (κ2) is 4.72. The smallest absolute Gasteiger partial charge is 0.192 e. The van der Waals surface area contributed by atoms with Crippen LogP contribution in [0.1, 0.15) is 27.7 Å². The Hall–Kier alpha value is -0.198. The summed E-state index contributed by atoms with van der Waals surface area (Å²) in [6.45, 7) is 11.8. The third-order valence-electron chi connectivity index (χ3n) is 4.37. The lowest BCUT2D eigenvalue weighted by atomic mass is 9.83. The van der Waals surface area contributed by atoms with Gasteiger partial charge in [0.15, 0.2) is 20.3 Å². The van der Waals surface area contributed by atoms with Gasteiger partial charge in [-0.3, -0.25) is 0 Å². The second-order valence-electron chi connectivity index (χ2n) is 6.83. The van der Waals surface area contributed by atoms with Gasteiger partial charge in [-0.1, -0.05) is 20.8 Å². The molecule has 18 heavy (non-hydrogen) atoms. The lowest BCUT2D eigenvalue weighted by Crippen LogP contribution is -2.52. The summed E-state index contributed by atoms with van der Waals surface area (Å²) in [5.41, 5.74) is -1.62. The average molecular weight is 274 g/mol. The SMILES string of the molecule is B[C@@H]1O[C@H](C=O)[C@@H](O[Si](C)(C)C(C)(C)C)[C@@]1(C)F. The molecule has 0 amide bonds. The molecular weight excluding hydrogens is 250 g/mol. The predicted octanol–water partition coefficient (Wildman–Crippen LogP) is 1.66. The highest BCUT2D eigenvalue weighted by atomic mass is 28.4. The Balaban J connectivity index is 2.97. The van der Waals surface area contributed by atoms with Crippen LogP contribution >= 0.6 is 0 Å². The van der Waals surface area contributed by atoms with Crippen molar-refractivity contribution < 1.29 is 18.3 Å². The molecule has 1 saturated heterocycles. The molecule has 0 aromatic rings. The summed E-state index contributed by atoms with van der Waals surface area (Å²) in [5, 5.41) is -0.0255. The summed E-state index contributed by atoms with van der Waals surface area (Å²) in [6, 6.07) is -0.623. The van der Waals surface area contributed by atoms with Crippen molar-refractivity contribution in [3.8, 4) is 0 Å². The standard InChI is InChI=1S/C12H24BFO3Si/c1-11(2,3)18(5,6)17-9-8(7-15)16-10(13)12(9,4)14/h7-10H,13H2,1-6H3/t8-,9-,10-,12-/m1/s1. The summed E-state index contributed by atoms with van der Waals surface area (Å²) in [4.78, 5) is 11.0. The van der Waals surface area contributed by atoms with Crippen molar-refractivity contribution in [3.63, 3.8) is 0 Å². The van der Waals surface area contributed by atoms with Crippen molar-refractivity contribution in [2.45, 2.75) is 69.7 Å². The van der Waals surface area contributed by atoms with Crippen LogP contribution in [-0.2, 0) is 14.0 Å². The van der Waals surface area contributed by atoms with Gasteiger partial charge in [-0.15, -0.1) is 0 Å². The molecule has 0 saturated carbocycles. The third kappa shape index (κ3) is 2.70. The number of aldehydes is 1. The van der Waals surface area contributed by atoms with Gasteiger partial charge < -0.3 is 14.0 Å². The van der Waals surface area contributed by atoms with Crippen LogP contribution in [-0.4, -0.2) is 46.3 Å². The first-order chi connectivity index (χ1) is 7.93. The Kier molecular flexibility index (Phi) is 4.16. The summed E-state index contributed by atoms with van der Waals surface area (Å²) >= 11 is 0. The highest BCUT2D eigenvalue weighted by Crippen LogP contribution is 2.42. The maximum Gasteiger partial charge on any atom is 0.192 e. The van der Waals surface area contributed by atoms with E-state index in [4.69, 9.17) is 9.16 Å². The van der Waals surface area contributed by atoms with E-state index in [0.29, 0.717) is 6.29 Å². The minimum absolute atomic E-state index is 0.0255. The highest BCUT2D eigenvalue weighted by molar-refractivity contribution is 6.74. The van der Waals surface area contributed by atoms with Crippen LogP contribution in [0.4, 0.5) is 4.39 Å². The van der Waals surface area contributed by atoms with Gasteiger partial charge in [-0.05, 0) is 25.1 Å². The molecule has 0 bridgehead atoms. The van der Waals surface area contributed by atoms with Gasteiger partial charge in [0.05, 0.1) is 6.00 Å². The summed E-state index contributed by atoms with van der Waals surface area (Å²) in [7, 11) is -0.481. The highest BCUT2D eigenvalue weighted by Gasteiger charge is 2.55. The quantitative estimate of drug-likeness (QED) is 0.580. The normalized spacial score (nSPS) is 37.8. The minimum atomic E-state index is -2.13. The van der Waals surface area contributed by atoms with Crippen molar-refractivity contribution in [2.75, 3.05) is 0 Å². The minimum Gasteiger partial charge on any atom is -0.407 e. The zero-order valence-corrected chi connectivity index (χ0v) is 13.4. The van der Waals surface area contributed by atoms with Crippen molar-refractivity contribution in [2.24, 2.45) is 0 Å². The fourth-order valence-corrected chi connectivity index (χ4v) is 3.13. The fourth-order valence-electron chi connectivity index (χ4n) is 1.77. The van der Waals surface area contributed by atoms with Crippen LogP contribution in [0.25, 0.3) is 0 Å². The average Bonchev–Trinajstić information content (AvgIpc) is 2.39. The number of carbonyl (C=O) groups excluding carboxylic acids is 1. The molecular formula is C12H24BFO3Si. The molecule has 0 spiro atoms. The van der Waals surface area contributed by atoms with Crippen LogP contribution in [0.15, 0.2) is 0 Å². The topological polar surface area (TPSA) is 35.5 Å². The Bertz CT molecular complexity index is 328.